The summed E-state index contributed by atoms with van der Waals surface area (Å²) in [7, 11) is 3.53. The van der Waals surface area contributed by atoms with E-state index in [1.54, 1.807) is 34.3 Å². The highest BCUT2D eigenvalue weighted by atomic mass is 32.1. The predicted molar refractivity (Wildman–Crippen MR) is 80.0 cm³/mol. The fraction of sp³-hybridized carbons (Fsp3) is 0.214. The lowest BCUT2D eigenvalue weighted by Gasteiger charge is -2.15. The maximum Gasteiger partial charge on any atom is 0.328 e. The maximum atomic E-state index is 12.4. The van der Waals surface area contributed by atoms with Crippen molar-refractivity contribution in [1.82, 2.24) is 14.7 Å². The van der Waals surface area contributed by atoms with Crippen molar-refractivity contribution in [2.75, 3.05) is 7.05 Å². The van der Waals surface area contributed by atoms with Crippen LogP contribution in [0.3, 0.4) is 0 Å². The van der Waals surface area contributed by atoms with Gasteiger partial charge in [0.2, 0.25) is 0 Å². The molecule has 0 aliphatic rings. The van der Waals surface area contributed by atoms with E-state index in [0.29, 0.717) is 17.0 Å². The van der Waals surface area contributed by atoms with Crippen LogP contribution in [0.15, 0.2) is 29.9 Å². The molecule has 21 heavy (non-hydrogen) atoms. The lowest BCUT2D eigenvalue weighted by atomic mass is 10.2. The first-order valence-corrected chi connectivity index (χ1v) is 7.07. The topological polar surface area (TPSA) is 75.4 Å². The molecule has 1 amide bonds. The number of hydrogen-bond acceptors (Lipinski definition) is 4. The number of thiophene rings is 1. The molecule has 0 spiro atoms. The van der Waals surface area contributed by atoms with Crippen molar-refractivity contribution in [3.05, 3.63) is 45.9 Å². The maximum absolute atomic E-state index is 12.4. The number of nitrogens with zero attached hydrogens (tertiary/aromatic N) is 3. The van der Waals surface area contributed by atoms with Crippen LogP contribution in [-0.2, 0) is 18.4 Å². The van der Waals surface area contributed by atoms with Crippen molar-refractivity contribution in [3.63, 3.8) is 0 Å². The SMILES string of the molecule is CN(Cc1cnn(C)c1)C(=O)c1sccc1C=CC(=O)O. The quantitative estimate of drug-likeness (QED) is 0.855. The van der Waals surface area contributed by atoms with Crippen LogP contribution in [0, 0.1) is 0 Å². The van der Waals surface area contributed by atoms with Gasteiger partial charge in [0.15, 0.2) is 0 Å². The number of aryl methyl sites for hydroxylation is 1. The van der Waals surface area contributed by atoms with E-state index >= 15 is 0 Å². The second-order valence-electron chi connectivity index (χ2n) is 4.56. The zero-order chi connectivity index (χ0) is 15.4. The number of carboxylic acids is 1. The molecule has 2 aromatic heterocycles. The smallest absolute Gasteiger partial charge is 0.328 e. The number of aromatic nitrogens is 2. The van der Waals surface area contributed by atoms with Gasteiger partial charge in [-0.3, -0.25) is 9.48 Å². The van der Waals surface area contributed by atoms with Crippen LogP contribution in [0.1, 0.15) is 20.8 Å². The molecule has 2 aromatic rings. The van der Waals surface area contributed by atoms with Gasteiger partial charge in [0, 0.05) is 38.5 Å². The molecule has 0 aliphatic heterocycles. The van der Waals surface area contributed by atoms with Crippen LogP contribution >= 0.6 is 11.3 Å². The molecule has 7 heteroatoms. The summed E-state index contributed by atoms with van der Waals surface area (Å²) in [6.07, 6.45) is 6.02. The molecule has 2 rings (SSSR count). The van der Waals surface area contributed by atoms with Gasteiger partial charge < -0.3 is 10.0 Å². The average molecular weight is 305 g/mol. The van der Waals surface area contributed by atoms with E-state index in [4.69, 9.17) is 5.11 Å². The average Bonchev–Trinajstić information content (AvgIpc) is 3.04. The van der Waals surface area contributed by atoms with Gasteiger partial charge in [-0.05, 0) is 23.1 Å². The van der Waals surface area contributed by atoms with Gasteiger partial charge in [-0.2, -0.15) is 5.10 Å². The molecule has 1 N–H and O–H groups in total. The second-order valence-corrected chi connectivity index (χ2v) is 5.48. The first-order chi connectivity index (χ1) is 9.97. The van der Waals surface area contributed by atoms with Crippen LogP contribution < -0.4 is 0 Å². The van der Waals surface area contributed by atoms with Crippen molar-refractivity contribution in [1.29, 1.82) is 0 Å². The van der Waals surface area contributed by atoms with Gasteiger partial charge in [0.1, 0.15) is 0 Å². The third-order valence-electron chi connectivity index (χ3n) is 2.82. The first-order valence-electron chi connectivity index (χ1n) is 6.19. The number of amides is 1. The predicted octanol–water partition coefficient (Wildman–Crippen LogP) is 1.85. The Kier molecular flexibility index (Phi) is 4.54. The normalized spacial score (nSPS) is 11.0. The molecule has 0 fully saturated rings. The van der Waals surface area contributed by atoms with Crippen molar-refractivity contribution in [2.45, 2.75) is 6.54 Å². The molecule has 0 bridgehead atoms. The van der Waals surface area contributed by atoms with Gasteiger partial charge in [-0.25, -0.2) is 4.79 Å². The standard InChI is InChI=1S/C14H15N3O3S/c1-16(8-10-7-15-17(2)9-10)14(20)13-11(5-6-21-13)3-4-12(18)19/h3-7,9H,8H2,1-2H3,(H,18,19). The molecule has 2 heterocycles. The largest absolute Gasteiger partial charge is 0.478 e. The van der Waals surface area contributed by atoms with Gasteiger partial charge in [0.25, 0.3) is 5.91 Å². The third kappa shape index (κ3) is 3.79. The molecule has 0 saturated carbocycles. The summed E-state index contributed by atoms with van der Waals surface area (Å²) in [5, 5.41) is 14.5. The Balaban J connectivity index is 2.12. The number of carbonyl (C=O) groups excluding carboxylic acids is 1. The van der Waals surface area contributed by atoms with E-state index in [2.05, 4.69) is 5.10 Å². The Labute approximate surface area is 125 Å². The monoisotopic (exact) mass is 305 g/mol. The summed E-state index contributed by atoms with van der Waals surface area (Å²) in [5.74, 6) is -1.18. The summed E-state index contributed by atoms with van der Waals surface area (Å²) in [5.41, 5.74) is 1.55. The lowest BCUT2D eigenvalue weighted by Crippen LogP contribution is -2.25. The first kappa shape index (κ1) is 15.0. The summed E-state index contributed by atoms with van der Waals surface area (Å²) in [4.78, 5) is 25.1. The molecule has 6 nitrogen and oxygen atoms in total. The Morgan fingerprint density at radius 1 is 1.52 bits per heavy atom. The van der Waals surface area contributed by atoms with Gasteiger partial charge in [-0.15, -0.1) is 11.3 Å². The molecule has 0 aliphatic carbocycles. The summed E-state index contributed by atoms with van der Waals surface area (Å²) in [6.45, 7) is 0.451. The fourth-order valence-corrected chi connectivity index (χ4v) is 2.74. The molecule has 0 aromatic carbocycles. The van der Waals surface area contributed by atoms with E-state index in [9.17, 15) is 9.59 Å². The molecule has 110 valence electrons. The number of hydrogen-bond donors (Lipinski definition) is 1. The van der Waals surface area contributed by atoms with E-state index in [1.165, 1.54) is 17.4 Å². The highest BCUT2D eigenvalue weighted by Gasteiger charge is 2.17. The van der Waals surface area contributed by atoms with Gasteiger partial charge in [-0.1, -0.05) is 0 Å². The minimum Gasteiger partial charge on any atom is -0.478 e. The van der Waals surface area contributed by atoms with Crippen LogP contribution in [0.25, 0.3) is 6.08 Å². The molecule has 0 unspecified atom stereocenters. The van der Waals surface area contributed by atoms with Crippen LogP contribution in [0.2, 0.25) is 0 Å². The summed E-state index contributed by atoms with van der Waals surface area (Å²) >= 11 is 1.30. The fourth-order valence-electron chi connectivity index (χ4n) is 1.86. The molecule has 0 atom stereocenters. The highest BCUT2D eigenvalue weighted by molar-refractivity contribution is 7.12. The van der Waals surface area contributed by atoms with Gasteiger partial charge >= 0.3 is 5.97 Å². The number of aliphatic carboxylic acids is 1. The molecule has 0 saturated heterocycles. The summed E-state index contributed by atoms with van der Waals surface area (Å²) < 4.78 is 1.68. The van der Waals surface area contributed by atoms with Crippen LogP contribution in [-0.4, -0.2) is 38.7 Å². The van der Waals surface area contributed by atoms with Crippen molar-refractivity contribution in [2.24, 2.45) is 7.05 Å². The highest BCUT2D eigenvalue weighted by Crippen LogP contribution is 2.20. The zero-order valence-corrected chi connectivity index (χ0v) is 12.5. The Morgan fingerprint density at radius 3 is 2.90 bits per heavy atom. The minimum absolute atomic E-state index is 0.140. The molecular weight excluding hydrogens is 290 g/mol. The summed E-state index contributed by atoms with van der Waals surface area (Å²) in [6, 6.07) is 1.73. The zero-order valence-electron chi connectivity index (χ0n) is 11.7. The van der Waals surface area contributed by atoms with E-state index in [-0.39, 0.29) is 5.91 Å². The Hall–Kier alpha value is -2.41. The van der Waals surface area contributed by atoms with Crippen molar-refractivity contribution < 1.29 is 14.7 Å². The van der Waals surface area contributed by atoms with E-state index < -0.39 is 5.97 Å². The lowest BCUT2D eigenvalue weighted by molar-refractivity contribution is -0.131. The molecule has 0 radical (unpaired) electrons. The van der Waals surface area contributed by atoms with Crippen LogP contribution in [0.4, 0.5) is 0 Å². The minimum atomic E-state index is -1.04. The number of rotatable bonds is 5. The van der Waals surface area contributed by atoms with Crippen LogP contribution in [0.5, 0.6) is 0 Å². The molecular formula is C14H15N3O3S. The van der Waals surface area contributed by atoms with Gasteiger partial charge in [0.05, 0.1) is 11.1 Å². The number of carbonyl (C=O) groups is 2. The number of carboxylic acid groups (broad SMARTS) is 1. The third-order valence-corrected chi connectivity index (χ3v) is 3.74. The van der Waals surface area contributed by atoms with E-state index in [1.807, 2.05) is 13.2 Å². The Bertz CT molecular complexity index is 687. The van der Waals surface area contributed by atoms with Crippen molar-refractivity contribution >= 4 is 29.3 Å². The van der Waals surface area contributed by atoms with E-state index in [0.717, 1.165) is 11.6 Å². The second kappa shape index (κ2) is 6.36. The van der Waals surface area contributed by atoms with Crippen molar-refractivity contribution in [3.8, 4) is 0 Å². The Morgan fingerprint density at radius 2 is 2.29 bits per heavy atom.